The van der Waals surface area contributed by atoms with E-state index in [-0.39, 0.29) is 23.8 Å². The van der Waals surface area contributed by atoms with Gasteiger partial charge in [-0.15, -0.1) is 0 Å². The Balaban J connectivity index is 2.41. The lowest BCUT2D eigenvalue weighted by Crippen LogP contribution is -2.52. The molecule has 0 aliphatic heterocycles. The number of nitrogens with zero attached hydrogens (tertiary/aromatic N) is 2. The number of methoxy groups -OCH3 is 1. The second kappa shape index (κ2) is 11.8. The molecule has 0 fully saturated rings. The molecule has 0 saturated carbocycles. The number of hydrogen-bond donors (Lipinski definition) is 1. The van der Waals surface area contributed by atoms with Crippen molar-refractivity contribution in [3.05, 3.63) is 59.9 Å². The van der Waals surface area contributed by atoms with Crippen molar-refractivity contribution < 1.29 is 27.1 Å². The molecule has 0 spiro atoms. The van der Waals surface area contributed by atoms with Gasteiger partial charge in [-0.25, -0.2) is 12.8 Å². The summed E-state index contributed by atoms with van der Waals surface area (Å²) < 4.78 is 45.6. The van der Waals surface area contributed by atoms with Crippen LogP contribution in [0.5, 0.6) is 5.75 Å². The van der Waals surface area contributed by atoms with Gasteiger partial charge in [0.25, 0.3) is 0 Å². The number of carbonyl (C=O) groups excluding carboxylic acids is 2. The maximum atomic E-state index is 14.4. The number of sulfonamides is 1. The van der Waals surface area contributed by atoms with Crippen LogP contribution >= 0.6 is 0 Å². The fourth-order valence-electron chi connectivity index (χ4n) is 3.24. The van der Waals surface area contributed by atoms with Crippen molar-refractivity contribution in [2.45, 2.75) is 45.8 Å². The number of amides is 2. The van der Waals surface area contributed by atoms with Crippen LogP contribution in [0.15, 0.2) is 48.5 Å². The third kappa shape index (κ3) is 7.18. The third-order valence-corrected chi connectivity index (χ3v) is 6.63. The van der Waals surface area contributed by atoms with Gasteiger partial charge in [0.2, 0.25) is 21.8 Å². The highest BCUT2D eigenvalue weighted by Crippen LogP contribution is 2.24. The van der Waals surface area contributed by atoms with E-state index in [1.807, 2.05) is 13.8 Å². The molecule has 0 bridgehead atoms. The fourth-order valence-corrected chi connectivity index (χ4v) is 4.08. The summed E-state index contributed by atoms with van der Waals surface area (Å²) in [5, 5.41) is 2.82. The van der Waals surface area contributed by atoms with E-state index in [4.69, 9.17) is 4.74 Å². The molecule has 34 heavy (non-hydrogen) atoms. The highest BCUT2D eigenvalue weighted by atomic mass is 32.2. The first-order chi connectivity index (χ1) is 16.0. The summed E-state index contributed by atoms with van der Waals surface area (Å²) in [7, 11) is -2.42. The van der Waals surface area contributed by atoms with E-state index in [1.165, 1.54) is 49.3 Å². The van der Waals surface area contributed by atoms with Crippen LogP contribution in [0, 0.1) is 5.82 Å². The first-order valence-electron chi connectivity index (χ1n) is 10.9. The summed E-state index contributed by atoms with van der Waals surface area (Å²) in [6, 6.07) is 11.1. The van der Waals surface area contributed by atoms with Crippen LogP contribution < -0.4 is 14.4 Å². The lowest BCUT2D eigenvalue weighted by Gasteiger charge is -2.32. The molecule has 8 nitrogen and oxygen atoms in total. The second-order valence-electron chi connectivity index (χ2n) is 8.08. The molecule has 2 aromatic rings. The maximum Gasteiger partial charge on any atom is 0.244 e. The van der Waals surface area contributed by atoms with E-state index in [0.717, 1.165) is 10.6 Å². The van der Waals surface area contributed by atoms with Crippen molar-refractivity contribution in [2.75, 3.05) is 24.2 Å². The maximum absolute atomic E-state index is 14.4. The zero-order valence-corrected chi connectivity index (χ0v) is 20.9. The molecular weight excluding hydrogens is 461 g/mol. The zero-order valence-electron chi connectivity index (χ0n) is 20.1. The summed E-state index contributed by atoms with van der Waals surface area (Å²) in [6.07, 6.45) is 1.68. The van der Waals surface area contributed by atoms with Crippen LogP contribution in [0.2, 0.25) is 0 Å². The minimum absolute atomic E-state index is 0.121. The minimum atomic E-state index is -3.87. The van der Waals surface area contributed by atoms with Gasteiger partial charge >= 0.3 is 0 Å². The van der Waals surface area contributed by atoms with Gasteiger partial charge in [0, 0.05) is 24.2 Å². The minimum Gasteiger partial charge on any atom is -0.497 e. The molecule has 2 amide bonds. The van der Waals surface area contributed by atoms with Crippen molar-refractivity contribution in [1.82, 2.24) is 10.2 Å². The largest absolute Gasteiger partial charge is 0.497 e. The van der Waals surface area contributed by atoms with Gasteiger partial charge < -0.3 is 15.0 Å². The number of rotatable bonds is 11. The number of carbonyl (C=O) groups is 2. The van der Waals surface area contributed by atoms with Gasteiger partial charge in [0.15, 0.2) is 0 Å². The van der Waals surface area contributed by atoms with Crippen molar-refractivity contribution in [2.24, 2.45) is 0 Å². The van der Waals surface area contributed by atoms with Crippen LogP contribution in [0.25, 0.3) is 0 Å². The number of nitrogens with one attached hydrogen (secondary N) is 1. The summed E-state index contributed by atoms with van der Waals surface area (Å²) in [5.41, 5.74) is 0.448. The average Bonchev–Trinajstić information content (AvgIpc) is 2.80. The van der Waals surface area contributed by atoms with Gasteiger partial charge in [-0.05, 0) is 38.5 Å². The van der Waals surface area contributed by atoms with Crippen LogP contribution in [-0.4, -0.2) is 57.1 Å². The molecule has 2 rings (SSSR count). The van der Waals surface area contributed by atoms with E-state index in [0.29, 0.717) is 12.2 Å². The number of anilines is 1. The Labute approximate surface area is 200 Å². The number of hydrogen-bond acceptors (Lipinski definition) is 5. The SMILES string of the molecule is CC[C@@H](C)NC(=O)[C@@H](C)N(Cc1ccccc1F)C(=O)CN(c1cccc(OC)c1)S(C)(=O)=O. The molecule has 2 atom stereocenters. The van der Waals surface area contributed by atoms with E-state index < -0.39 is 40.2 Å². The topological polar surface area (TPSA) is 96.0 Å². The summed E-state index contributed by atoms with van der Waals surface area (Å²) in [6.45, 7) is 4.52. The number of ether oxygens (including phenoxy) is 1. The smallest absolute Gasteiger partial charge is 0.244 e. The van der Waals surface area contributed by atoms with Crippen LogP contribution in [0.1, 0.15) is 32.8 Å². The molecule has 0 aliphatic rings. The Morgan fingerprint density at radius 2 is 1.79 bits per heavy atom. The quantitative estimate of drug-likeness (QED) is 0.519. The number of benzene rings is 2. The first-order valence-corrected chi connectivity index (χ1v) is 12.8. The lowest BCUT2D eigenvalue weighted by atomic mass is 10.1. The molecule has 186 valence electrons. The molecule has 0 aliphatic carbocycles. The Kier molecular flexibility index (Phi) is 9.43. The Morgan fingerprint density at radius 1 is 1.12 bits per heavy atom. The Bertz CT molecular complexity index is 1110. The lowest BCUT2D eigenvalue weighted by molar-refractivity contribution is -0.139. The van der Waals surface area contributed by atoms with Gasteiger partial charge in [0.05, 0.1) is 19.1 Å². The van der Waals surface area contributed by atoms with Gasteiger partial charge in [-0.2, -0.15) is 0 Å². The van der Waals surface area contributed by atoms with Gasteiger partial charge in [-0.3, -0.25) is 13.9 Å². The highest BCUT2D eigenvalue weighted by Gasteiger charge is 2.31. The molecule has 2 aromatic carbocycles. The molecule has 0 saturated heterocycles. The van der Waals surface area contributed by atoms with Gasteiger partial charge in [-0.1, -0.05) is 31.2 Å². The fraction of sp³-hybridized carbons (Fsp3) is 0.417. The Hall–Kier alpha value is -3.14. The summed E-state index contributed by atoms with van der Waals surface area (Å²) in [4.78, 5) is 27.4. The Morgan fingerprint density at radius 3 is 2.38 bits per heavy atom. The highest BCUT2D eigenvalue weighted by molar-refractivity contribution is 7.92. The predicted molar refractivity (Wildman–Crippen MR) is 129 cm³/mol. The molecule has 0 radical (unpaired) electrons. The van der Waals surface area contributed by atoms with Gasteiger partial charge in [0.1, 0.15) is 24.2 Å². The van der Waals surface area contributed by atoms with E-state index in [1.54, 1.807) is 18.2 Å². The molecule has 0 aromatic heterocycles. The average molecular weight is 494 g/mol. The van der Waals surface area contributed by atoms with E-state index in [9.17, 15) is 22.4 Å². The zero-order chi connectivity index (χ0) is 25.5. The molecular formula is C24H32FN3O5S. The molecule has 0 unspecified atom stereocenters. The molecule has 0 heterocycles. The first kappa shape index (κ1) is 27.1. The predicted octanol–water partition coefficient (Wildman–Crippen LogP) is 2.93. The monoisotopic (exact) mass is 493 g/mol. The van der Waals surface area contributed by atoms with Crippen LogP contribution in [0.3, 0.4) is 0 Å². The molecule has 1 N–H and O–H groups in total. The van der Waals surface area contributed by atoms with Crippen molar-refractivity contribution in [1.29, 1.82) is 0 Å². The molecule has 10 heteroatoms. The number of halogens is 1. The van der Waals surface area contributed by atoms with E-state index in [2.05, 4.69) is 5.32 Å². The summed E-state index contributed by atoms with van der Waals surface area (Å²) >= 11 is 0. The van der Waals surface area contributed by atoms with Crippen molar-refractivity contribution >= 4 is 27.5 Å². The normalized spacial score (nSPS) is 13.0. The second-order valence-corrected chi connectivity index (χ2v) is 9.98. The van der Waals surface area contributed by atoms with E-state index >= 15 is 0 Å². The van der Waals surface area contributed by atoms with Crippen molar-refractivity contribution in [3.63, 3.8) is 0 Å². The van der Waals surface area contributed by atoms with Crippen molar-refractivity contribution in [3.8, 4) is 5.75 Å². The summed E-state index contributed by atoms with van der Waals surface area (Å²) in [5.74, 6) is -1.17. The van der Waals surface area contributed by atoms with Crippen LogP contribution in [0.4, 0.5) is 10.1 Å². The van der Waals surface area contributed by atoms with Crippen LogP contribution in [-0.2, 0) is 26.2 Å². The third-order valence-electron chi connectivity index (χ3n) is 5.49. The standard InChI is InChI=1S/C24H32FN3O5S/c1-6-17(2)26-24(30)18(3)27(15-19-10-7-8-13-22(19)25)23(29)16-28(34(5,31)32)20-11-9-12-21(14-20)33-4/h7-14,17-18H,6,15-16H2,1-5H3,(H,26,30)/t17-,18-/m1/s1.